The van der Waals surface area contributed by atoms with E-state index in [2.05, 4.69) is 4.72 Å². The number of nitrogens with zero attached hydrogens (tertiary/aromatic N) is 1. The monoisotopic (exact) mass is 418 g/mol. The number of nitrogens with one attached hydrogen (secondary N) is 1. The molecule has 0 unspecified atom stereocenters. The summed E-state index contributed by atoms with van der Waals surface area (Å²) in [6, 6.07) is 10.1. The van der Waals surface area contributed by atoms with E-state index in [1.54, 1.807) is 36.4 Å². The molecule has 28 heavy (non-hydrogen) atoms. The topological polar surface area (TPSA) is 66.5 Å². The standard InChI is InChI=1S/C21H23ClN2O3S/c1-13-6-7-17(12-19(13)22)23-28(26,27)18-8-9-20-16(11-18)10-14(2)24(20)21(25)15-4-3-5-15/h6-9,11-12,14-15,23H,3-5,10H2,1-2H3/t14-/m0/s1. The third-order valence-electron chi connectivity index (χ3n) is 5.69. The van der Waals surface area contributed by atoms with Crippen molar-refractivity contribution in [2.75, 3.05) is 9.62 Å². The molecule has 1 atom stereocenters. The number of aryl methyl sites for hydroxylation is 1. The predicted octanol–water partition coefficient (Wildman–Crippen LogP) is 4.53. The van der Waals surface area contributed by atoms with Gasteiger partial charge >= 0.3 is 0 Å². The van der Waals surface area contributed by atoms with Gasteiger partial charge in [-0.15, -0.1) is 0 Å². The van der Waals surface area contributed by atoms with Crippen LogP contribution in [0.15, 0.2) is 41.3 Å². The summed E-state index contributed by atoms with van der Waals surface area (Å²) in [5.41, 5.74) is 3.03. The second-order valence-electron chi connectivity index (χ2n) is 7.75. The van der Waals surface area contributed by atoms with Crippen LogP contribution in [0.25, 0.3) is 0 Å². The molecule has 5 nitrogen and oxygen atoms in total. The maximum absolute atomic E-state index is 12.8. The van der Waals surface area contributed by atoms with E-state index in [0.717, 1.165) is 36.1 Å². The zero-order valence-electron chi connectivity index (χ0n) is 15.9. The number of anilines is 2. The first kappa shape index (κ1) is 19.3. The molecule has 0 bridgehead atoms. The van der Waals surface area contributed by atoms with E-state index in [0.29, 0.717) is 17.1 Å². The highest BCUT2D eigenvalue weighted by Crippen LogP contribution is 2.38. The van der Waals surface area contributed by atoms with Crippen LogP contribution >= 0.6 is 11.6 Å². The SMILES string of the molecule is Cc1ccc(NS(=O)(=O)c2ccc3c(c2)C[C@H](C)N3C(=O)C2CCC2)cc1Cl. The summed E-state index contributed by atoms with van der Waals surface area (Å²) in [6.07, 6.45) is 3.67. The van der Waals surface area contributed by atoms with Crippen molar-refractivity contribution < 1.29 is 13.2 Å². The Bertz CT molecular complexity index is 1050. The van der Waals surface area contributed by atoms with Gasteiger partial charge in [0.15, 0.2) is 0 Å². The van der Waals surface area contributed by atoms with Gasteiger partial charge in [-0.3, -0.25) is 9.52 Å². The van der Waals surface area contributed by atoms with Gasteiger partial charge in [0.2, 0.25) is 5.91 Å². The quantitative estimate of drug-likeness (QED) is 0.793. The minimum Gasteiger partial charge on any atom is -0.309 e. The molecular formula is C21H23ClN2O3S. The molecule has 1 amide bonds. The lowest BCUT2D eigenvalue weighted by molar-refractivity contribution is -0.125. The van der Waals surface area contributed by atoms with Crippen molar-refractivity contribution >= 4 is 38.9 Å². The van der Waals surface area contributed by atoms with Crippen LogP contribution in [0.2, 0.25) is 5.02 Å². The molecule has 2 aromatic rings. The molecule has 1 heterocycles. The minimum absolute atomic E-state index is 0.0462. The molecule has 1 aliphatic heterocycles. The van der Waals surface area contributed by atoms with Crippen molar-refractivity contribution in [3.8, 4) is 0 Å². The smallest absolute Gasteiger partial charge is 0.261 e. The zero-order valence-corrected chi connectivity index (χ0v) is 17.5. The Morgan fingerprint density at radius 1 is 1.18 bits per heavy atom. The first-order valence-electron chi connectivity index (χ1n) is 9.51. The number of carbonyl (C=O) groups excluding carboxylic acids is 1. The third-order valence-corrected chi connectivity index (χ3v) is 7.48. The molecule has 1 fully saturated rings. The van der Waals surface area contributed by atoms with Gasteiger partial charge in [-0.1, -0.05) is 24.1 Å². The summed E-state index contributed by atoms with van der Waals surface area (Å²) in [7, 11) is -3.74. The molecule has 0 saturated heterocycles. The molecule has 148 valence electrons. The number of rotatable bonds is 4. The van der Waals surface area contributed by atoms with Gasteiger partial charge in [0.1, 0.15) is 0 Å². The molecule has 1 N–H and O–H groups in total. The van der Waals surface area contributed by atoms with Crippen LogP contribution in [0, 0.1) is 12.8 Å². The number of amides is 1. The molecule has 0 spiro atoms. The van der Waals surface area contributed by atoms with Gasteiger partial charge in [0.05, 0.1) is 10.6 Å². The largest absolute Gasteiger partial charge is 0.309 e. The van der Waals surface area contributed by atoms with Crippen LogP contribution in [0.1, 0.15) is 37.3 Å². The second kappa shape index (κ2) is 7.08. The lowest BCUT2D eigenvalue weighted by atomic mass is 9.84. The van der Waals surface area contributed by atoms with Crippen molar-refractivity contribution in [2.45, 2.75) is 50.5 Å². The average molecular weight is 419 g/mol. The highest BCUT2D eigenvalue weighted by Gasteiger charge is 2.37. The fourth-order valence-electron chi connectivity index (χ4n) is 3.83. The van der Waals surface area contributed by atoms with E-state index < -0.39 is 10.0 Å². The predicted molar refractivity (Wildman–Crippen MR) is 111 cm³/mol. The second-order valence-corrected chi connectivity index (χ2v) is 9.84. The van der Waals surface area contributed by atoms with Crippen LogP contribution in [-0.4, -0.2) is 20.4 Å². The Kier molecular flexibility index (Phi) is 4.88. The van der Waals surface area contributed by atoms with Gasteiger partial charge in [0, 0.05) is 22.7 Å². The number of halogens is 1. The summed E-state index contributed by atoms with van der Waals surface area (Å²) in [6.45, 7) is 3.87. The van der Waals surface area contributed by atoms with Crippen molar-refractivity contribution in [1.82, 2.24) is 0 Å². The maximum atomic E-state index is 12.8. The van der Waals surface area contributed by atoms with E-state index in [1.807, 2.05) is 18.7 Å². The maximum Gasteiger partial charge on any atom is 0.261 e. The average Bonchev–Trinajstić information content (AvgIpc) is 2.91. The van der Waals surface area contributed by atoms with Gasteiger partial charge in [0.25, 0.3) is 10.0 Å². The Morgan fingerprint density at radius 3 is 2.57 bits per heavy atom. The molecule has 7 heteroatoms. The lowest BCUT2D eigenvalue weighted by Gasteiger charge is -2.32. The number of sulfonamides is 1. The van der Waals surface area contributed by atoms with Gasteiger partial charge in [-0.05, 0) is 74.6 Å². The van der Waals surface area contributed by atoms with Crippen LogP contribution in [0.3, 0.4) is 0 Å². The first-order chi connectivity index (χ1) is 13.3. The summed E-state index contributed by atoms with van der Waals surface area (Å²) in [5.74, 6) is 0.283. The van der Waals surface area contributed by atoms with E-state index >= 15 is 0 Å². The lowest BCUT2D eigenvalue weighted by Crippen LogP contribution is -2.42. The van der Waals surface area contributed by atoms with Crippen LogP contribution < -0.4 is 9.62 Å². The number of hydrogen-bond acceptors (Lipinski definition) is 3. The molecular weight excluding hydrogens is 396 g/mol. The molecule has 0 aromatic heterocycles. The Hall–Kier alpha value is -2.05. The molecule has 2 aliphatic rings. The fraction of sp³-hybridized carbons (Fsp3) is 0.381. The van der Waals surface area contributed by atoms with Crippen LogP contribution in [0.5, 0.6) is 0 Å². The van der Waals surface area contributed by atoms with Crippen molar-refractivity contribution in [3.63, 3.8) is 0 Å². The number of hydrogen-bond donors (Lipinski definition) is 1. The number of fused-ring (bicyclic) bond motifs is 1. The van der Waals surface area contributed by atoms with Crippen LogP contribution in [-0.2, 0) is 21.2 Å². The molecule has 2 aromatic carbocycles. The minimum atomic E-state index is -3.74. The van der Waals surface area contributed by atoms with E-state index in [9.17, 15) is 13.2 Å². The molecule has 0 radical (unpaired) electrons. The normalized spacial score (nSPS) is 19.2. The highest BCUT2D eigenvalue weighted by atomic mass is 35.5. The van der Waals surface area contributed by atoms with Crippen molar-refractivity contribution in [1.29, 1.82) is 0 Å². The highest BCUT2D eigenvalue weighted by molar-refractivity contribution is 7.92. The number of carbonyl (C=O) groups is 1. The van der Waals surface area contributed by atoms with Crippen molar-refractivity contribution in [3.05, 3.63) is 52.5 Å². The Balaban J connectivity index is 1.61. The molecule has 4 rings (SSSR count). The Morgan fingerprint density at radius 2 is 1.93 bits per heavy atom. The van der Waals surface area contributed by atoms with E-state index in [-0.39, 0.29) is 22.8 Å². The van der Waals surface area contributed by atoms with Gasteiger partial charge in [-0.2, -0.15) is 0 Å². The summed E-state index contributed by atoms with van der Waals surface area (Å²) in [5, 5.41) is 0.508. The molecule has 1 aliphatic carbocycles. The first-order valence-corrected chi connectivity index (χ1v) is 11.4. The van der Waals surface area contributed by atoms with Crippen molar-refractivity contribution in [2.24, 2.45) is 5.92 Å². The van der Waals surface area contributed by atoms with Gasteiger partial charge in [-0.25, -0.2) is 8.42 Å². The summed E-state index contributed by atoms with van der Waals surface area (Å²) in [4.78, 5) is 14.8. The van der Waals surface area contributed by atoms with E-state index in [4.69, 9.17) is 11.6 Å². The summed E-state index contributed by atoms with van der Waals surface area (Å²) < 4.78 is 28.2. The Labute approximate surface area is 170 Å². The zero-order chi connectivity index (χ0) is 20.1. The summed E-state index contributed by atoms with van der Waals surface area (Å²) >= 11 is 6.10. The third kappa shape index (κ3) is 3.40. The number of benzene rings is 2. The van der Waals surface area contributed by atoms with Gasteiger partial charge < -0.3 is 4.90 Å². The van der Waals surface area contributed by atoms with E-state index in [1.165, 1.54) is 0 Å². The fourth-order valence-corrected chi connectivity index (χ4v) is 5.11. The van der Waals surface area contributed by atoms with Crippen LogP contribution in [0.4, 0.5) is 11.4 Å². The molecule has 1 saturated carbocycles.